The van der Waals surface area contributed by atoms with Gasteiger partial charge in [0.1, 0.15) is 0 Å². The van der Waals surface area contributed by atoms with Gasteiger partial charge >= 0.3 is 0 Å². The normalized spacial score (nSPS) is 12.0. The molecule has 0 radical (unpaired) electrons. The number of aromatic nitrogens is 1. The third kappa shape index (κ3) is 4.22. The van der Waals surface area contributed by atoms with Gasteiger partial charge in [-0.15, -0.1) is 12.4 Å². The molecular formula is C16H24ClN3O. The van der Waals surface area contributed by atoms with Gasteiger partial charge in [-0.3, -0.25) is 4.79 Å². The molecule has 0 saturated heterocycles. The summed E-state index contributed by atoms with van der Waals surface area (Å²) in [5, 5.41) is 7.30. The molecule has 0 fully saturated rings. The van der Waals surface area contributed by atoms with Gasteiger partial charge < -0.3 is 15.6 Å². The van der Waals surface area contributed by atoms with Crippen molar-refractivity contribution < 1.29 is 4.79 Å². The van der Waals surface area contributed by atoms with Crippen molar-refractivity contribution in [1.29, 1.82) is 0 Å². The van der Waals surface area contributed by atoms with E-state index in [2.05, 4.69) is 40.7 Å². The highest BCUT2D eigenvalue weighted by Gasteiger charge is 2.11. The van der Waals surface area contributed by atoms with Gasteiger partial charge in [0.25, 0.3) is 0 Å². The van der Waals surface area contributed by atoms with E-state index in [0.29, 0.717) is 13.1 Å². The molecule has 5 heteroatoms. The first kappa shape index (κ1) is 17.5. The van der Waals surface area contributed by atoms with Crippen LogP contribution >= 0.6 is 12.4 Å². The number of benzene rings is 1. The summed E-state index contributed by atoms with van der Waals surface area (Å²) in [6.45, 7) is 5.43. The van der Waals surface area contributed by atoms with Crippen LogP contribution in [0, 0.1) is 12.8 Å². The predicted octanol–water partition coefficient (Wildman–Crippen LogP) is 2.41. The zero-order valence-electron chi connectivity index (χ0n) is 12.8. The fraction of sp³-hybridized carbons (Fsp3) is 0.438. The van der Waals surface area contributed by atoms with Crippen molar-refractivity contribution in [1.82, 2.24) is 15.6 Å². The second-order valence-corrected chi connectivity index (χ2v) is 5.31. The van der Waals surface area contributed by atoms with Crippen molar-refractivity contribution in [2.45, 2.75) is 20.3 Å². The van der Waals surface area contributed by atoms with Gasteiger partial charge in [0.2, 0.25) is 5.91 Å². The number of nitrogens with one attached hydrogen (secondary N) is 3. The summed E-state index contributed by atoms with van der Waals surface area (Å²) >= 11 is 0. The number of carbonyl (C=O) groups is 1. The van der Waals surface area contributed by atoms with E-state index in [9.17, 15) is 4.79 Å². The van der Waals surface area contributed by atoms with Crippen molar-refractivity contribution in [3.05, 3.63) is 35.5 Å². The number of aryl methyl sites for hydroxylation is 1. The molecular weight excluding hydrogens is 286 g/mol. The van der Waals surface area contributed by atoms with Gasteiger partial charge in [-0.25, -0.2) is 0 Å². The summed E-state index contributed by atoms with van der Waals surface area (Å²) in [6.07, 6.45) is 2.89. The first-order chi connectivity index (χ1) is 9.63. The Morgan fingerprint density at radius 1 is 1.38 bits per heavy atom. The second kappa shape index (κ2) is 8.05. The van der Waals surface area contributed by atoms with Gasteiger partial charge in [0.05, 0.1) is 0 Å². The van der Waals surface area contributed by atoms with E-state index in [0.717, 1.165) is 11.9 Å². The molecule has 2 aromatic rings. The summed E-state index contributed by atoms with van der Waals surface area (Å²) < 4.78 is 0. The Hall–Kier alpha value is -1.52. The third-order valence-electron chi connectivity index (χ3n) is 3.65. The lowest BCUT2D eigenvalue weighted by Crippen LogP contribution is -2.35. The van der Waals surface area contributed by atoms with E-state index in [-0.39, 0.29) is 24.2 Å². The first-order valence-electron chi connectivity index (χ1n) is 7.11. The molecule has 3 N–H and O–H groups in total. The molecule has 21 heavy (non-hydrogen) atoms. The smallest absolute Gasteiger partial charge is 0.224 e. The van der Waals surface area contributed by atoms with Crippen LogP contribution in [-0.2, 0) is 11.2 Å². The fourth-order valence-corrected chi connectivity index (χ4v) is 2.54. The van der Waals surface area contributed by atoms with Crippen LogP contribution in [0.25, 0.3) is 10.9 Å². The highest BCUT2D eigenvalue weighted by atomic mass is 35.5. The quantitative estimate of drug-likeness (QED) is 0.767. The van der Waals surface area contributed by atoms with Crippen LogP contribution in [0.4, 0.5) is 0 Å². The number of halogens is 1. The average Bonchev–Trinajstić information content (AvgIpc) is 2.83. The van der Waals surface area contributed by atoms with E-state index in [1.165, 1.54) is 16.5 Å². The maximum atomic E-state index is 11.8. The lowest BCUT2D eigenvalue weighted by atomic mass is 10.1. The lowest BCUT2D eigenvalue weighted by Gasteiger charge is -2.11. The molecule has 1 amide bonds. The molecule has 1 heterocycles. The molecule has 0 bridgehead atoms. The number of rotatable bonds is 6. The number of amides is 1. The maximum Gasteiger partial charge on any atom is 0.224 e. The number of aromatic amines is 1. The number of carbonyl (C=O) groups excluding carboxylic acids is 1. The largest absolute Gasteiger partial charge is 0.361 e. The summed E-state index contributed by atoms with van der Waals surface area (Å²) in [7, 11) is 1.86. The number of hydrogen-bond acceptors (Lipinski definition) is 2. The molecule has 1 aromatic carbocycles. The molecule has 0 aliphatic heterocycles. The molecule has 0 saturated carbocycles. The average molecular weight is 310 g/mol. The lowest BCUT2D eigenvalue weighted by molar-refractivity contribution is -0.124. The molecule has 1 aromatic heterocycles. The van der Waals surface area contributed by atoms with E-state index >= 15 is 0 Å². The standard InChI is InChI=1S/C16H23N3O.ClH/c1-11-5-4-6-14-15(11)13(10-19-14)7-8-18-16(20)12(2)9-17-3;/h4-6,10,12,17,19H,7-9H2,1-3H3,(H,18,20);1H. The topological polar surface area (TPSA) is 56.9 Å². The molecule has 0 aliphatic rings. The fourth-order valence-electron chi connectivity index (χ4n) is 2.54. The predicted molar refractivity (Wildman–Crippen MR) is 90.1 cm³/mol. The van der Waals surface area contributed by atoms with Crippen LogP contribution in [0.5, 0.6) is 0 Å². The molecule has 116 valence electrons. The maximum absolute atomic E-state index is 11.8. The summed E-state index contributed by atoms with van der Waals surface area (Å²) in [4.78, 5) is 15.1. The summed E-state index contributed by atoms with van der Waals surface area (Å²) in [5.41, 5.74) is 3.70. The Kier molecular flexibility index (Phi) is 6.72. The van der Waals surface area contributed by atoms with Crippen molar-refractivity contribution >= 4 is 29.2 Å². The Bertz CT molecular complexity index is 594. The van der Waals surface area contributed by atoms with E-state index in [1.807, 2.05) is 20.2 Å². The minimum Gasteiger partial charge on any atom is -0.361 e. The Morgan fingerprint density at radius 2 is 2.14 bits per heavy atom. The van der Waals surface area contributed by atoms with E-state index in [4.69, 9.17) is 0 Å². The molecule has 2 rings (SSSR count). The Labute approximate surface area is 132 Å². The van der Waals surface area contributed by atoms with Crippen LogP contribution in [0.3, 0.4) is 0 Å². The minimum absolute atomic E-state index is 0. The zero-order valence-corrected chi connectivity index (χ0v) is 13.6. The summed E-state index contributed by atoms with van der Waals surface area (Å²) in [6, 6.07) is 6.26. The number of H-pyrrole nitrogens is 1. The van der Waals surface area contributed by atoms with Crippen molar-refractivity contribution in [3.8, 4) is 0 Å². The Morgan fingerprint density at radius 3 is 2.86 bits per heavy atom. The highest BCUT2D eigenvalue weighted by Crippen LogP contribution is 2.22. The number of hydrogen-bond donors (Lipinski definition) is 3. The zero-order chi connectivity index (χ0) is 14.5. The molecule has 0 spiro atoms. The van der Waals surface area contributed by atoms with Gasteiger partial charge in [-0.2, -0.15) is 0 Å². The van der Waals surface area contributed by atoms with Gasteiger partial charge in [-0.1, -0.05) is 19.1 Å². The molecule has 1 unspecified atom stereocenters. The van der Waals surface area contributed by atoms with Crippen LogP contribution < -0.4 is 10.6 Å². The third-order valence-corrected chi connectivity index (χ3v) is 3.65. The minimum atomic E-state index is 0. The first-order valence-corrected chi connectivity index (χ1v) is 7.11. The monoisotopic (exact) mass is 309 g/mol. The van der Waals surface area contributed by atoms with Crippen molar-refractivity contribution in [2.24, 2.45) is 5.92 Å². The highest BCUT2D eigenvalue weighted by molar-refractivity contribution is 5.86. The van der Waals surface area contributed by atoms with Crippen LogP contribution in [0.1, 0.15) is 18.1 Å². The van der Waals surface area contributed by atoms with Crippen LogP contribution in [0.15, 0.2) is 24.4 Å². The van der Waals surface area contributed by atoms with Crippen molar-refractivity contribution in [3.63, 3.8) is 0 Å². The summed E-state index contributed by atoms with van der Waals surface area (Å²) in [5.74, 6) is 0.112. The van der Waals surface area contributed by atoms with Crippen molar-refractivity contribution in [2.75, 3.05) is 20.1 Å². The molecule has 1 atom stereocenters. The Balaban J connectivity index is 0.00000220. The molecule has 4 nitrogen and oxygen atoms in total. The van der Waals surface area contributed by atoms with Crippen LogP contribution in [-0.4, -0.2) is 31.0 Å². The van der Waals surface area contributed by atoms with Gasteiger partial charge in [0, 0.05) is 36.1 Å². The molecule has 0 aliphatic carbocycles. The van der Waals surface area contributed by atoms with Gasteiger partial charge in [-0.05, 0) is 37.6 Å². The van der Waals surface area contributed by atoms with Gasteiger partial charge in [0.15, 0.2) is 0 Å². The van der Waals surface area contributed by atoms with E-state index in [1.54, 1.807) is 0 Å². The number of fused-ring (bicyclic) bond motifs is 1. The van der Waals surface area contributed by atoms with E-state index < -0.39 is 0 Å². The second-order valence-electron chi connectivity index (χ2n) is 5.31. The SMILES string of the molecule is CNCC(C)C(=O)NCCc1c[nH]c2cccc(C)c12.Cl. The van der Waals surface area contributed by atoms with Crippen LogP contribution in [0.2, 0.25) is 0 Å².